The van der Waals surface area contributed by atoms with Gasteiger partial charge in [0.05, 0.1) is 0 Å². The van der Waals surface area contributed by atoms with Gasteiger partial charge in [0.2, 0.25) is 0 Å². The van der Waals surface area contributed by atoms with E-state index >= 15 is 0 Å². The normalized spacial score (nSPS) is 27.1. The van der Waals surface area contributed by atoms with Gasteiger partial charge in [0.25, 0.3) is 0 Å². The van der Waals surface area contributed by atoms with Crippen LogP contribution in [-0.2, 0) is 13.9 Å². The quantitative estimate of drug-likeness (QED) is 0.741. The summed E-state index contributed by atoms with van der Waals surface area (Å²) in [4.78, 5) is 20.5. The van der Waals surface area contributed by atoms with Gasteiger partial charge in [-0.15, -0.1) is 9.42 Å². The first-order chi connectivity index (χ1) is 6.86. The first kappa shape index (κ1) is 12.8. The van der Waals surface area contributed by atoms with Crippen LogP contribution >= 0.6 is 8.25 Å². The smallest absolute Gasteiger partial charge is 0.296 e. The van der Waals surface area contributed by atoms with E-state index in [1.807, 2.05) is 0 Å². The number of carbonyl (C=O) groups excluding carboxylic acids is 1. The molecule has 4 nitrogen and oxygen atoms in total. The standard InChI is InChI=1S/C10H17O4P/c1-4-7-5-8(6-7)9(11)10(2,3)14-15(12)13/h7-8H,4-6H2,1-3H3/p+1. The Balaban J connectivity index is 2.50. The maximum Gasteiger partial charge on any atom is 0.695 e. The van der Waals surface area contributed by atoms with E-state index in [2.05, 4.69) is 6.92 Å². The fourth-order valence-electron chi connectivity index (χ4n) is 2.01. The SMILES string of the molecule is CCC1CC(C(=O)C(C)(C)O[P+](=O)O)C1. The van der Waals surface area contributed by atoms with Gasteiger partial charge >= 0.3 is 8.25 Å². The molecule has 15 heavy (non-hydrogen) atoms. The van der Waals surface area contributed by atoms with Crippen LogP contribution in [0.5, 0.6) is 0 Å². The van der Waals surface area contributed by atoms with Crippen molar-refractivity contribution in [3.8, 4) is 0 Å². The first-order valence-electron chi connectivity index (χ1n) is 5.26. The van der Waals surface area contributed by atoms with E-state index in [0.29, 0.717) is 5.92 Å². The molecule has 1 rings (SSSR count). The lowest BCUT2D eigenvalue weighted by Gasteiger charge is -2.36. The molecule has 0 aromatic heterocycles. The van der Waals surface area contributed by atoms with Crippen molar-refractivity contribution in [1.82, 2.24) is 0 Å². The number of ketones is 1. The van der Waals surface area contributed by atoms with Crippen LogP contribution < -0.4 is 0 Å². The highest BCUT2D eigenvalue weighted by molar-refractivity contribution is 7.32. The van der Waals surface area contributed by atoms with Gasteiger partial charge in [-0.2, -0.15) is 0 Å². The van der Waals surface area contributed by atoms with Crippen LogP contribution in [0, 0.1) is 11.8 Å². The fraction of sp³-hybridized carbons (Fsp3) is 0.900. The Morgan fingerprint density at radius 2 is 2.07 bits per heavy atom. The maximum atomic E-state index is 11.9. The molecule has 0 aromatic rings. The average Bonchev–Trinajstić information content (AvgIpc) is 1.99. The summed E-state index contributed by atoms with van der Waals surface area (Å²) in [6.45, 7) is 5.22. The third kappa shape index (κ3) is 3.07. The minimum Gasteiger partial charge on any atom is -0.296 e. The van der Waals surface area contributed by atoms with Crippen molar-refractivity contribution in [1.29, 1.82) is 0 Å². The molecule has 1 N–H and O–H groups in total. The van der Waals surface area contributed by atoms with Crippen LogP contribution in [-0.4, -0.2) is 16.3 Å². The van der Waals surface area contributed by atoms with Crippen molar-refractivity contribution in [3.63, 3.8) is 0 Å². The van der Waals surface area contributed by atoms with Gasteiger partial charge < -0.3 is 0 Å². The molecule has 1 fully saturated rings. The molecule has 1 saturated carbocycles. The van der Waals surface area contributed by atoms with E-state index in [1.165, 1.54) is 0 Å². The van der Waals surface area contributed by atoms with Crippen LogP contribution in [0.3, 0.4) is 0 Å². The lowest BCUT2D eigenvalue weighted by atomic mass is 9.69. The third-order valence-electron chi connectivity index (χ3n) is 3.08. The fourth-order valence-corrected chi connectivity index (χ4v) is 2.50. The minimum absolute atomic E-state index is 0.0138. The van der Waals surface area contributed by atoms with Crippen LogP contribution in [0.4, 0.5) is 0 Å². The van der Waals surface area contributed by atoms with Gasteiger partial charge in [-0.05, 0) is 32.6 Å². The predicted octanol–water partition coefficient (Wildman–Crippen LogP) is 2.44. The lowest BCUT2D eigenvalue weighted by molar-refractivity contribution is -0.140. The van der Waals surface area contributed by atoms with Crippen LogP contribution in [0.1, 0.15) is 40.0 Å². The molecule has 0 aliphatic heterocycles. The Bertz CT molecular complexity index is 269. The molecule has 1 aliphatic rings. The van der Waals surface area contributed by atoms with Gasteiger partial charge in [-0.3, -0.25) is 4.79 Å². The van der Waals surface area contributed by atoms with Gasteiger partial charge in [-0.1, -0.05) is 13.3 Å². The summed E-state index contributed by atoms with van der Waals surface area (Å²) in [6, 6.07) is 0. The van der Waals surface area contributed by atoms with E-state index in [-0.39, 0.29) is 11.7 Å². The zero-order valence-electron chi connectivity index (χ0n) is 9.40. The number of rotatable bonds is 5. The molecular formula is C10H18O4P+. The molecule has 0 saturated heterocycles. The summed E-state index contributed by atoms with van der Waals surface area (Å²) >= 11 is 0. The molecule has 0 spiro atoms. The molecule has 0 radical (unpaired) electrons. The number of carbonyl (C=O) groups is 1. The second-order valence-corrected chi connectivity index (χ2v) is 5.30. The second kappa shape index (κ2) is 4.69. The lowest BCUT2D eigenvalue weighted by Crippen LogP contribution is -2.43. The Labute approximate surface area is 91.0 Å². The molecule has 0 aromatic carbocycles. The van der Waals surface area contributed by atoms with Crippen molar-refractivity contribution >= 4 is 14.0 Å². The van der Waals surface area contributed by atoms with Crippen molar-refractivity contribution in [2.75, 3.05) is 0 Å². The highest BCUT2D eigenvalue weighted by atomic mass is 31.1. The second-order valence-electron chi connectivity index (χ2n) is 4.65. The van der Waals surface area contributed by atoms with Crippen LogP contribution in [0.25, 0.3) is 0 Å². The van der Waals surface area contributed by atoms with E-state index in [0.717, 1.165) is 19.3 Å². The maximum absolute atomic E-state index is 11.9. The van der Waals surface area contributed by atoms with Gasteiger partial charge in [0, 0.05) is 10.5 Å². The summed E-state index contributed by atoms with van der Waals surface area (Å²) in [7, 11) is -2.71. The van der Waals surface area contributed by atoms with E-state index in [4.69, 9.17) is 9.42 Å². The Morgan fingerprint density at radius 3 is 2.47 bits per heavy atom. The molecule has 1 unspecified atom stereocenters. The Kier molecular flexibility index (Phi) is 3.99. The molecule has 5 heteroatoms. The molecular weight excluding hydrogens is 215 g/mol. The number of hydrogen-bond donors (Lipinski definition) is 1. The highest BCUT2D eigenvalue weighted by Crippen LogP contribution is 2.40. The zero-order chi connectivity index (χ0) is 11.6. The number of hydrogen-bond acceptors (Lipinski definition) is 3. The van der Waals surface area contributed by atoms with Gasteiger partial charge in [-0.25, -0.2) is 0 Å². The predicted molar refractivity (Wildman–Crippen MR) is 56.5 cm³/mol. The van der Waals surface area contributed by atoms with Crippen molar-refractivity contribution in [3.05, 3.63) is 0 Å². The zero-order valence-corrected chi connectivity index (χ0v) is 10.3. The van der Waals surface area contributed by atoms with E-state index in [1.54, 1.807) is 13.8 Å². The topological polar surface area (TPSA) is 63.6 Å². The average molecular weight is 233 g/mol. The first-order valence-corrected chi connectivity index (χ1v) is 6.39. The third-order valence-corrected chi connectivity index (χ3v) is 3.70. The summed E-state index contributed by atoms with van der Waals surface area (Å²) in [6.07, 6.45) is 2.88. The van der Waals surface area contributed by atoms with E-state index in [9.17, 15) is 9.36 Å². The molecule has 0 heterocycles. The van der Waals surface area contributed by atoms with Crippen LogP contribution in [0.15, 0.2) is 0 Å². The van der Waals surface area contributed by atoms with Crippen molar-refractivity contribution < 1.29 is 18.8 Å². The van der Waals surface area contributed by atoms with Crippen molar-refractivity contribution in [2.24, 2.45) is 11.8 Å². The van der Waals surface area contributed by atoms with Gasteiger partial charge in [0.1, 0.15) is 0 Å². The van der Waals surface area contributed by atoms with Gasteiger partial charge in [0.15, 0.2) is 11.4 Å². The molecule has 0 amide bonds. The molecule has 1 aliphatic carbocycles. The molecule has 1 atom stereocenters. The summed E-state index contributed by atoms with van der Waals surface area (Å²) in [5.41, 5.74) is -1.13. The largest absolute Gasteiger partial charge is 0.695 e. The summed E-state index contributed by atoms with van der Waals surface area (Å²) < 4.78 is 15.3. The van der Waals surface area contributed by atoms with Crippen LogP contribution in [0.2, 0.25) is 0 Å². The Morgan fingerprint density at radius 1 is 1.53 bits per heavy atom. The monoisotopic (exact) mass is 233 g/mol. The summed E-state index contributed by atoms with van der Waals surface area (Å²) in [5.74, 6) is 0.599. The summed E-state index contributed by atoms with van der Waals surface area (Å²) in [5, 5.41) is 0. The minimum atomic E-state index is -2.71. The molecule has 86 valence electrons. The van der Waals surface area contributed by atoms with Crippen molar-refractivity contribution in [2.45, 2.75) is 45.6 Å². The number of Topliss-reactive ketones (excluding diaryl/α,β-unsaturated/α-hetero) is 1. The Hall–Kier alpha value is -0.310. The van der Waals surface area contributed by atoms with E-state index < -0.39 is 13.9 Å². The highest BCUT2D eigenvalue weighted by Gasteiger charge is 2.45. The molecule has 0 bridgehead atoms.